The third-order valence-corrected chi connectivity index (χ3v) is 5.19. The van der Waals surface area contributed by atoms with E-state index >= 15 is 0 Å². The molecule has 3 aromatic heterocycles. The van der Waals surface area contributed by atoms with Gasteiger partial charge in [0.1, 0.15) is 0 Å². The lowest BCUT2D eigenvalue weighted by molar-refractivity contribution is 0.116. The molecule has 0 amide bonds. The first-order chi connectivity index (χ1) is 14.2. The van der Waals surface area contributed by atoms with E-state index in [1.807, 2.05) is 29.1 Å². The third kappa shape index (κ3) is 3.20. The molecule has 29 heavy (non-hydrogen) atoms. The maximum Gasteiger partial charge on any atom is 0.314 e. The molecule has 3 heterocycles. The lowest BCUT2D eigenvalue weighted by Crippen LogP contribution is -2.15. The predicted molar refractivity (Wildman–Crippen MR) is 101 cm³/mol. The van der Waals surface area contributed by atoms with Gasteiger partial charge in [0.05, 0.1) is 11.9 Å². The molecule has 1 atom stereocenters. The van der Waals surface area contributed by atoms with Crippen LogP contribution in [0.4, 0.5) is 8.78 Å². The normalized spacial score (nSPS) is 16.2. The number of benzene rings is 1. The zero-order valence-electron chi connectivity index (χ0n) is 15.4. The second kappa shape index (κ2) is 7.20. The molecule has 146 valence electrons. The molecule has 1 unspecified atom stereocenters. The van der Waals surface area contributed by atoms with Crippen LogP contribution in [0, 0.1) is 0 Å². The van der Waals surface area contributed by atoms with Crippen LogP contribution in [-0.4, -0.2) is 25.0 Å². The molecule has 0 bridgehead atoms. The number of aryl methyl sites for hydroxylation is 1. The fraction of sp³-hybridized carbons (Fsp3) is 0.238. The van der Waals surface area contributed by atoms with Gasteiger partial charge in [-0.2, -0.15) is 13.9 Å². The van der Waals surface area contributed by atoms with Gasteiger partial charge in [0.15, 0.2) is 5.82 Å². The van der Waals surface area contributed by atoms with E-state index in [0.717, 1.165) is 25.0 Å². The Balaban J connectivity index is 1.57. The van der Waals surface area contributed by atoms with Gasteiger partial charge < -0.3 is 4.42 Å². The van der Waals surface area contributed by atoms with E-state index in [-0.39, 0.29) is 11.8 Å². The molecule has 5 rings (SSSR count). The monoisotopic (exact) mass is 393 g/mol. The molecule has 0 saturated carbocycles. The summed E-state index contributed by atoms with van der Waals surface area (Å²) in [7, 11) is 0. The summed E-state index contributed by atoms with van der Waals surface area (Å²) >= 11 is 0. The molecule has 6 nitrogen and oxygen atoms in total. The minimum absolute atomic E-state index is 0.0320. The molecule has 8 heteroatoms. The van der Waals surface area contributed by atoms with E-state index in [0.29, 0.717) is 11.4 Å². The Morgan fingerprint density at radius 3 is 2.76 bits per heavy atom. The van der Waals surface area contributed by atoms with Crippen LogP contribution in [-0.2, 0) is 6.42 Å². The molecule has 0 saturated heterocycles. The standard InChI is InChI=1S/C21H17F2N5O/c22-19(23)21-27-26-20(29-21)14-9-10-24-17(11-14)28-18-15(12-25-28)7-4-8-16(18)13-5-2-1-3-6-13/h1-3,5-6,9-12,16,19H,4,7-8H2. The van der Waals surface area contributed by atoms with Crippen molar-refractivity contribution in [3.63, 3.8) is 0 Å². The first-order valence-electron chi connectivity index (χ1n) is 9.41. The summed E-state index contributed by atoms with van der Waals surface area (Å²) < 4.78 is 32.4. The number of fused-ring (bicyclic) bond motifs is 1. The van der Waals surface area contributed by atoms with Crippen LogP contribution >= 0.6 is 0 Å². The van der Waals surface area contributed by atoms with Gasteiger partial charge in [-0.3, -0.25) is 0 Å². The molecular formula is C21H17F2N5O. The summed E-state index contributed by atoms with van der Waals surface area (Å²) in [4.78, 5) is 4.45. The highest BCUT2D eigenvalue weighted by molar-refractivity contribution is 5.55. The Labute approximate surface area is 165 Å². The van der Waals surface area contributed by atoms with E-state index in [4.69, 9.17) is 4.42 Å². The Morgan fingerprint density at radius 1 is 1.10 bits per heavy atom. The van der Waals surface area contributed by atoms with Crippen LogP contribution in [0.3, 0.4) is 0 Å². The largest absolute Gasteiger partial charge is 0.415 e. The van der Waals surface area contributed by atoms with Gasteiger partial charge in [0, 0.05) is 17.7 Å². The zero-order chi connectivity index (χ0) is 19.8. The highest BCUT2D eigenvalue weighted by atomic mass is 19.3. The SMILES string of the molecule is FC(F)c1nnc(-c2ccnc(-n3ncc4c3C(c3ccccc3)CCC4)c2)o1. The second-order valence-electron chi connectivity index (χ2n) is 6.97. The summed E-state index contributed by atoms with van der Waals surface area (Å²) in [6.45, 7) is 0. The maximum absolute atomic E-state index is 12.8. The molecule has 0 N–H and O–H groups in total. The minimum Gasteiger partial charge on any atom is -0.415 e. The van der Waals surface area contributed by atoms with E-state index in [1.165, 1.54) is 11.1 Å². The van der Waals surface area contributed by atoms with Crippen LogP contribution < -0.4 is 0 Å². The number of rotatable bonds is 4. The molecular weight excluding hydrogens is 376 g/mol. The molecule has 0 spiro atoms. The first kappa shape index (κ1) is 17.7. The van der Waals surface area contributed by atoms with Crippen molar-refractivity contribution < 1.29 is 13.2 Å². The summed E-state index contributed by atoms with van der Waals surface area (Å²) in [5, 5.41) is 11.7. The van der Waals surface area contributed by atoms with Crippen LogP contribution in [0.2, 0.25) is 0 Å². The Kier molecular flexibility index (Phi) is 4.38. The molecule has 1 aliphatic rings. The summed E-state index contributed by atoms with van der Waals surface area (Å²) in [6, 6.07) is 13.7. The van der Waals surface area contributed by atoms with E-state index in [2.05, 4.69) is 32.4 Å². The quantitative estimate of drug-likeness (QED) is 0.502. The lowest BCUT2D eigenvalue weighted by atomic mass is 9.83. The van der Waals surface area contributed by atoms with Crippen LogP contribution in [0.15, 0.2) is 59.3 Å². The molecule has 1 aliphatic carbocycles. The number of nitrogens with zero attached hydrogens (tertiary/aromatic N) is 5. The fourth-order valence-electron chi connectivity index (χ4n) is 3.89. The van der Waals surface area contributed by atoms with Crippen molar-refractivity contribution in [2.24, 2.45) is 0 Å². The van der Waals surface area contributed by atoms with Crippen LogP contribution in [0.25, 0.3) is 17.3 Å². The average molecular weight is 393 g/mol. The predicted octanol–water partition coefficient (Wildman–Crippen LogP) is 4.72. The number of halogens is 2. The maximum atomic E-state index is 12.8. The minimum atomic E-state index is -2.80. The van der Waals surface area contributed by atoms with Gasteiger partial charge in [-0.25, -0.2) is 9.67 Å². The van der Waals surface area contributed by atoms with Gasteiger partial charge in [0.2, 0.25) is 5.89 Å². The van der Waals surface area contributed by atoms with Gasteiger partial charge in [0.25, 0.3) is 5.89 Å². The molecule has 1 aromatic carbocycles. The number of hydrogen-bond donors (Lipinski definition) is 0. The summed E-state index contributed by atoms with van der Waals surface area (Å²) in [5.41, 5.74) is 4.08. The van der Waals surface area contributed by atoms with Gasteiger partial charge >= 0.3 is 6.43 Å². The molecule has 0 aliphatic heterocycles. The second-order valence-corrected chi connectivity index (χ2v) is 6.97. The van der Waals surface area contributed by atoms with Gasteiger partial charge in [-0.1, -0.05) is 30.3 Å². The van der Waals surface area contributed by atoms with Crippen LogP contribution in [0.1, 0.15) is 47.9 Å². The Morgan fingerprint density at radius 2 is 1.97 bits per heavy atom. The molecule has 0 fully saturated rings. The number of aromatic nitrogens is 5. The lowest BCUT2D eigenvalue weighted by Gasteiger charge is -2.24. The van der Waals surface area contributed by atoms with E-state index in [9.17, 15) is 8.78 Å². The van der Waals surface area contributed by atoms with E-state index in [1.54, 1.807) is 18.3 Å². The highest BCUT2D eigenvalue weighted by Gasteiger charge is 2.27. The molecule has 0 radical (unpaired) electrons. The van der Waals surface area contributed by atoms with Crippen molar-refractivity contribution in [2.45, 2.75) is 31.6 Å². The number of hydrogen-bond acceptors (Lipinski definition) is 5. The van der Waals surface area contributed by atoms with Gasteiger partial charge in [-0.15, -0.1) is 10.2 Å². The number of alkyl halides is 2. The average Bonchev–Trinajstić information content (AvgIpc) is 3.42. The van der Waals surface area contributed by atoms with Crippen molar-refractivity contribution in [1.29, 1.82) is 0 Å². The number of pyridine rings is 1. The zero-order valence-corrected chi connectivity index (χ0v) is 15.4. The van der Waals surface area contributed by atoms with Gasteiger partial charge in [-0.05, 0) is 42.5 Å². The molecule has 4 aromatic rings. The smallest absolute Gasteiger partial charge is 0.314 e. The van der Waals surface area contributed by atoms with Crippen molar-refractivity contribution in [1.82, 2.24) is 25.0 Å². The fourth-order valence-corrected chi connectivity index (χ4v) is 3.89. The topological polar surface area (TPSA) is 69.6 Å². The van der Waals surface area contributed by atoms with Crippen molar-refractivity contribution in [2.75, 3.05) is 0 Å². The summed E-state index contributed by atoms with van der Waals surface area (Å²) in [5.74, 6) is 0.147. The van der Waals surface area contributed by atoms with Crippen molar-refractivity contribution >= 4 is 0 Å². The van der Waals surface area contributed by atoms with Crippen LogP contribution in [0.5, 0.6) is 0 Å². The van der Waals surface area contributed by atoms with Crippen molar-refractivity contribution in [3.8, 4) is 17.3 Å². The first-order valence-corrected chi connectivity index (χ1v) is 9.41. The Bertz CT molecular complexity index is 1140. The highest BCUT2D eigenvalue weighted by Crippen LogP contribution is 2.37. The van der Waals surface area contributed by atoms with E-state index < -0.39 is 12.3 Å². The third-order valence-electron chi connectivity index (χ3n) is 5.19. The Hall–Kier alpha value is -3.42. The summed E-state index contributed by atoms with van der Waals surface area (Å²) in [6.07, 6.45) is 3.78. The van der Waals surface area contributed by atoms with Crippen molar-refractivity contribution in [3.05, 3.63) is 77.6 Å².